The monoisotopic (exact) mass is 306 g/mol. The van der Waals surface area contributed by atoms with E-state index >= 15 is 0 Å². The Balaban J connectivity index is 1.78. The van der Waals surface area contributed by atoms with Gasteiger partial charge in [-0.15, -0.1) is 0 Å². The number of nitrogens with one attached hydrogen (secondary N) is 1. The third kappa shape index (κ3) is 2.18. The van der Waals surface area contributed by atoms with E-state index in [4.69, 9.17) is 5.73 Å². The van der Waals surface area contributed by atoms with Crippen molar-refractivity contribution in [3.05, 3.63) is 35.9 Å². The lowest BCUT2D eigenvalue weighted by atomic mass is 9.90. The molecule has 7 heteroatoms. The molecule has 0 saturated heterocycles. The Morgan fingerprint density at radius 3 is 2.45 bits per heavy atom. The molecule has 5 atom stereocenters. The number of aliphatic hydroxyl groups excluding tert-OH is 1. The van der Waals surface area contributed by atoms with Crippen molar-refractivity contribution in [2.24, 2.45) is 23.5 Å². The van der Waals surface area contributed by atoms with Gasteiger partial charge in [0.1, 0.15) is 5.54 Å². The number of hydrogen-bond donors (Lipinski definition) is 5. The van der Waals surface area contributed by atoms with Gasteiger partial charge in [0, 0.05) is 23.4 Å². The van der Waals surface area contributed by atoms with Gasteiger partial charge in [-0.2, -0.15) is 0 Å². The molecule has 118 valence electrons. The predicted molar refractivity (Wildman–Crippen MR) is 75.6 cm³/mol. The second-order valence-electron chi connectivity index (χ2n) is 6.09. The van der Waals surface area contributed by atoms with Crippen molar-refractivity contribution in [2.45, 2.75) is 24.3 Å². The predicted octanol–water partition coefficient (Wildman–Crippen LogP) is -0.856. The minimum atomic E-state index is -1.63. The zero-order valence-electron chi connectivity index (χ0n) is 11.7. The first kappa shape index (κ1) is 15.0. The lowest BCUT2D eigenvalue weighted by Gasteiger charge is -2.26. The first-order valence-electron chi connectivity index (χ1n) is 7.10. The Morgan fingerprint density at radius 2 is 1.91 bits per heavy atom. The molecule has 2 aliphatic rings. The molecular formula is C15H18N2O5. The van der Waals surface area contributed by atoms with Crippen LogP contribution in [0.1, 0.15) is 16.8 Å². The normalized spacial score (nSPS) is 36.0. The van der Waals surface area contributed by atoms with E-state index in [0.717, 1.165) is 0 Å². The van der Waals surface area contributed by atoms with Crippen LogP contribution < -0.4 is 11.1 Å². The maximum atomic E-state index is 12.2. The molecular weight excluding hydrogens is 288 g/mol. The summed E-state index contributed by atoms with van der Waals surface area (Å²) in [4.78, 5) is 23.6. The van der Waals surface area contributed by atoms with Crippen molar-refractivity contribution in [2.75, 3.05) is 0 Å². The fourth-order valence-corrected chi connectivity index (χ4v) is 3.80. The molecule has 5 unspecified atom stereocenters. The van der Waals surface area contributed by atoms with Crippen LogP contribution in [0.4, 0.5) is 0 Å². The largest absolute Gasteiger partial charge is 0.480 e. The number of carboxylic acids is 1. The number of carbonyl (C=O) groups is 2. The Kier molecular flexibility index (Phi) is 3.43. The van der Waals surface area contributed by atoms with Gasteiger partial charge in [-0.05, 0) is 24.5 Å². The highest BCUT2D eigenvalue weighted by Crippen LogP contribution is 2.62. The molecule has 7 nitrogen and oxygen atoms in total. The zero-order valence-corrected chi connectivity index (χ0v) is 11.7. The number of fused-ring (bicyclic) bond motifs is 1. The Bertz CT molecular complexity index is 605. The average Bonchev–Trinajstić information content (AvgIpc) is 3.17. The van der Waals surface area contributed by atoms with E-state index in [1.807, 2.05) is 0 Å². The van der Waals surface area contributed by atoms with Crippen molar-refractivity contribution in [3.8, 4) is 0 Å². The molecule has 0 spiro atoms. The minimum absolute atomic E-state index is 0.0828. The van der Waals surface area contributed by atoms with Crippen molar-refractivity contribution in [3.63, 3.8) is 0 Å². The summed E-state index contributed by atoms with van der Waals surface area (Å²) >= 11 is 0. The molecule has 1 aromatic rings. The van der Waals surface area contributed by atoms with Crippen molar-refractivity contribution in [1.82, 2.24) is 5.32 Å². The number of hydrogen-bond acceptors (Lipinski definition) is 5. The molecule has 2 aliphatic carbocycles. The van der Waals surface area contributed by atoms with E-state index in [1.165, 1.54) is 0 Å². The Hall–Kier alpha value is -1.96. The van der Waals surface area contributed by atoms with Gasteiger partial charge in [-0.3, -0.25) is 9.59 Å². The fraction of sp³-hybridized carbons (Fsp3) is 0.467. The molecule has 0 aliphatic heterocycles. The van der Waals surface area contributed by atoms with E-state index in [0.29, 0.717) is 5.56 Å². The molecule has 1 amide bonds. The van der Waals surface area contributed by atoms with Crippen molar-refractivity contribution >= 4 is 11.9 Å². The summed E-state index contributed by atoms with van der Waals surface area (Å²) in [7, 11) is 0. The standard InChI is InChI=1S/C15H18N2O5/c16-15(14(21)22)6-8(9-10(11(9)15)13(19)20)17-12(18)7-4-2-1-3-5-7/h1-5,8-11,13,19-20H,6,16H2,(H,17,18)(H,21,22). The van der Waals surface area contributed by atoms with Gasteiger partial charge < -0.3 is 26.4 Å². The summed E-state index contributed by atoms with van der Waals surface area (Å²) in [5.74, 6) is -2.98. The molecule has 0 aromatic heterocycles. The van der Waals surface area contributed by atoms with Crippen LogP contribution in [0, 0.1) is 17.8 Å². The van der Waals surface area contributed by atoms with Gasteiger partial charge in [0.15, 0.2) is 6.29 Å². The number of amides is 1. The van der Waals surface area contributed by atoms with E-state index in [1.54, 1.807) is 30.3 Å². The number of nitrogens with two attached hydrogens (primary N) is 1. The number of carboxylic acid groups (broad SMARTS) is 1. The lowest BCUT2D eigenvalue weighted by Crippen LogP contribution is -2.52. The number of aliphatic carboxylic acids is 1. The van der Waals surface area contributed by atoms with Crippen LogP contribution in [0.25, 0.3) is 0 Å². The number of rotatable bonds is 4. The minimum Gasteiger partial charge on any atom is -0.480 e. The molecule has 0 bridgehead atoms. The van der Waals surface area contributed by atoms with Crippen LogP contribution in [0.5, 0.6) is 0 Å². The van der Waals surface area contributed by atoms with Gasteiger partial charge in [0.2, 0.25) is 0 Å². The van der Waals surface area contributed by atoms with Crippen LogP contribution in [-0.2, 0) is 4.79 Å². The smallest absolute Gasteiger partial charge is 0.324 e. The van der Waals surface area contributed by atoms with Crippen LogP contribution in [0.2, 0.25) is 0 Å². The first-order chi connectivity index (χ1) is 10.4. The summed E-state index contributed by atoms with van der Waals surface area (Å²) in [6.07, 6.45) is -1.55. The highest BCUT2D eigenvalue weighted by atomic mass is 16.5. The third-order valence-corrected chi connectivity index (χ3v) is 4.84. The van der Waals surface area contributed by atoms with E-state index in [2.05, 4.69) is 5.32 Å². The molecule has 1 aromatic carbocycles. The molecule has 2 fully saturated rings. The molecule has 6 N–H and O–H groups in total. The molecule has 2 saturated carbocycles. The van der Waals surface area contributed by atoms with Gasteiger partial charge in [-0.1, -0.05) is 18.2 Å². The highest BCUT2D eigenvalue weighted by molar-refractivity contribution is 5.94. The van der Waals surface area contributed by atoms with Crippen LogP contribution in [-0.4, -0.2) is 45.1 Å². The first-order valence-corrected chi connectivity index (χ1v) is 7.10. The van der Waals surface area contributed by atoms with Crippen molar-refractivity contribution in [1.29, 1.82) is 0 Å². The maximum Gasteiger partial charge on any atom is 0.324 e. The molecule has 0 heterocycles. The van der Waals surface area contributed by atoms with E-state index in [-0.39, 0.29) is 18.2 Å². The summed E-state index contributed by atoms with van der Waals surface area (Å²) < 4.78 is 0. The summed E-state index contributed by atoms with van der Waals surface area (Å²) in [5.41, 5.74) is 4.88. The average molecular weight is 306 g/mol. The SMILES string of the molecule is NC1(C(=O)O)CC(NC(=O)c2ccccc2)C2C(C(O)O)C21. The van der Waals surface area contributed by atoms with Gasteiger partial charge in [0.25, 0.3) is 5.91 Å². The second-order valence-corrected chi connectivity index (χ2v) is 6.09. The quantitative estimate of drug-likeness (QED) is 0.460. The Morgan fingerprint density at radius 1 is 1.27 bits per heavy atom. The topological polar surface area (TPSA) is 133 Å². The Labute approximate surface area is 126 Å². The fourth-order valence-electron chi connectivity index (χ4n) is 3.80. The summed E-state index contributed by atoms with van der Waals surface area (Å²) in [5, 5.41) is 30.9. The van der Waals surface area contributed by atoms with E-state index in [9.17, 15) is 24.9 Å². The lowest BCUT2D eigenvalue weighted by molar-refractivity contribution is -0.145. The van der Waals surface area contributed by atoms with Gasteiger partial charge in [0.05, 0.1) is 0 Å². The molecule has 3 rings (SSSR count). The van der Waals surface area contributed by atoms with Crippen molar-refractivity contribution < 1.29 is 24.9 Å². The van der Waals surface area contributed by atoms with Gasteiger partial charge >= 0.3 is 5.97 Å². The zero-order chi connectivity index (χ0) is 16.1. The van der Waals surface area contributed by atoms with Gasteiger partial charge in [-0.25, -0.2) is 0 Å². The third-order valence-electron chi connectivity index (χ3n) is 4.84. The van der Waals surface area contributed by atoms with E-state index < -0.39 is 35.7 Å². The summed E-state index contributed by atoms with van der Waals surface area (Å²) in [6, 6.07) is 8.07. The highest BCUT2D eigenvalue weighted by Gasteiger charge is 2.73. The van der Waals surface area contributed by atoms with Crippen LogP contribution >= 0.6 is 0 Å². The number of aliphatic hydroxyl groups is 2. The number of benzene rings is 1. The summed E-state index contributed by atoms with van der Waals surface area (Å²) in [6.45, 7) is 0. The van der Waals surface area contributed by atoms with Crippen LogP contribution in [0.15, 0.2) is 30.3 Å². The molecule has 22 heavy (non-hydrogen) atoms. The molecule has 0 radical (unpaired) electrons. The number of carbonyl (C=O) groups excluding carboxylic acids is 1. The second kappa shape index (κ2) is 5.05. The maximum absolute atomic E-state index is 12.2. The van der Waals surface area contributed by atoms with Crippen LogP contribution in [0.3, 0.4) is 0 Å².